The molecule has 6 nitrogen and oxygen atoms in total. The number of carbonyl (C=O) groups excluding carboxylic acids is 2. The number of benzene rings is 1. The van der Waals surface area contributed by atoms with Gasteiger partial charge >= 0.3 is 6.03 Å². The molecule has 1 aromatic carbocycles. The number of likely N-dealkylation sites (tertiary alicyclic amines) is 1. The van der Waals surface area contributed by atoms with Gasteiger partial charge in [-0.25, -0.2) is 4.79 Å². The van der Waals surface area contributed by atoms with E-state index in [4.69, 9.17) is 0 Å². The molecule has 2 aliphatic rings. The predicted molar refractivity (Wildman–Crippen MR) is 126 cm³/mol. The van der Waals surface area contributed by atoms with Crippen molar-refractivity contribution >= 4 is 34.4 Å². The summed E-state index contributed by atoms with van der Waals surface area (Å²) in [4.78, 5) is 31.8. The number of rotatable bonds is 5. The van der Waals surface area contributed by atoms with Gasteiger partial charge in [-0.05, 0) is 35.9 Å². The monoisotopic (exact) mass is 438 g/mol. The van der Waals surface area contributed by atoms with Gasteiger partial charge in [-0.2, -0.15) is 0 Å². The molecule has 31 heavy (non-hydrogen) atoms. The zero-order valence-electron chi connectivity index (χ0n) is 17.8. The van der Waals surface area contributed by atoms with Gasteiger partial charge in [-0.3, -0.25) is 15.0 Å². The molecule has 0 radical (unpaired) electrons. The van der Waals surface area contributed by atoms with Crippen LogP contribution in [0.4, 0.5) is 9.80 Å². The minimum absolute atomic E-state index is 0.0904. The molecular formula is C24H30N4O2S. The lowest BCUT2D eigenvalue weighted by molar-refractivity contribution is -0.138. The minimum Gasteiger partial charge on any atom is -0.340 e. The molecule has 1 unspecified atom stereocenters. The van der Waals surface area contributed by atoms with Crippen molar-refractivity contribution in [3.8, 4) is 0 Å². The van der Waals surface area contributed by atoms with Gasteiger partial charge in [-0.15, -0.1) is 11.3 Å². The van der Waals surface area contributed by atoms with Gasteiger partial charge in [0.25, 0.3) is 0 Å². The SMILES string of the molecule is O=C(Nc1cccs1)N1CCCC(C(=O)N2CCN(C/C=C/c3ccccc3)CC2)C1. The fourth-order valence-electron chi connectivity index (χ4n) is 4.21. The molecule has 0 bridgehead atoms. The van der Waals surface area contributed by atoms with Crippen LogP contribution < -0.4 is 5.32 Å². The highest BCUT2D eigenvalue weighted by Gasteiger charge is 2.32. The number of urea groups is 1. The Morgan fingerprint density at radius 1 is 1.00 bits per heavy atom. The first-order valence-electron chi connectivity index (χ1n) is 11.0. The minimum atomic E-state index is -0.102. The van der Waals surface area contributed by atoms with Crippen molar-refractivity contribution in [3.63, 3.8) is 0 Å². The summed E-state index contributed by atoms with van der Waals surface area (Å²) < 4.78 is 0. The van der Waals surface area contributed by atoms with Crippen LogP contribution in [0.15, 0.2) is 53.9 Å². The molecule has 0 aliphatic carbocycles. The Balaban J connectivity index is 1.22. The summed E-state index contributed by atoms with van der Waals surface area (Å²) in [7, 11) is 0. The maximum atomic E-state index is 13.1. The Kier molecular flexibility index (Phi) is 7.38. The highest BCUT2D eigenvalue weighted by atomic mass is 32.1. The Morgan fingerprint density at radius 2 is 1.81 bits per heavy atom. The number of piperidine rings is 1. The van der Waals surface area contributed by atoms with Gasteiger partial charge in [0.2, 0.25) is 5.91 Å². The van der Waals surface area contributed by atoms with Crippen molar-refractivity contribution in [1.82, 2.24) is 14.7 Å². The van der Waals surface area contributed by atoms with Gasteiger partial charge < -0.3 is 9.80 Å². The van der Waals surface area contributed by atoms with E-state index in [0.29, 0.717) is 13.1 Å². The lowest BCUT2D eigenvalue weighted by atomic mass is 9.96. The van der Waals surface area contributed by atoms with E-state index in [9.17, 15) is 9.59 Å². The molecule has 3 amide bonds. The first-order valence-corrected chi connectivity index (χ1v) is 11.9. The van der Waals surface area contributed by atoms with Crippen LogP contribution in [0.2, 0.25) is 0 Å². The van der Waals surface area contributed by atoms with E-state index in [1.165, 1.54) is 16.9 Å². The van der Waals surface area contributed by atoms with Crippen LogP contribution in [0.1, 0.15) is 18.4 Å². The lowest BCUT2D eigenvalue weighted by Crippen LogP contribution is -2.53. The van der Waals surface area contributed by atoms with Crippen molar-refractivity contribution in [3.05, 3.63) is 59.5 Å². The predicted octanol–water partition coefficient (Wildman–Crippen LogP) is 3.85. The lowest BCUT2D eigenvalue weighted by Gasteiger charge is -2.38. The number of hydrogen-bond donors (Lipinski definition) is 1. The molecule has 1 atom stereocenters. The maximum Gasteiger partial charge on any atom is 0.322 e. The Labute approximate surface area is 188 Å². The summed E-state index contributed by atoms with van der Waals surface area (Å²) >= 11 is 1.51. The largest absolute Gasteiger partial charge is 0.340 e. The van der Waals surface area contributed by atoms with E-state index in [1.807, 2.05) is 40.6 Å². The van der Waals surface area contributed by atoms with Gasteiger partial charge in [0.05, 0.1) is 10.9 Å². The molecule has 7 heteroatoms. The second kappa shape index (κ2) is 10.6. The number of piperazine rings is 1. The van der Waals surface area contributed by atoms with Crippen LogP contribution in [-0.4, -0.2) is 72.5 Å². The molecular weight excluding hydrogens is 408 g/mol. The fraction of sp³-hybridized carbons (Fsp3) is 0.417. The molecule has 3 heterocycles. The molecule has 4 rings (SSSR count). The third kappa shape index (κ3) is 5.95. The smallest absolute Gasteiger partial charge is 0.322 e. The van der Waals surface area contributed by atoms with E-state index >= 15 is 0 Å². The number of carbonyl (C=O) groups is 2. The van der Waals surface area contributed by atoms with E-state index in [-0.39, 0.29) is 17.9 Å². The van der Waals surface area contributed by atoms with Crippen LogP contribution in [0.3, 0.4) is 0 Å². The van der Waals surface area contributed by atoms with Crippen molar-refractivity contribution in [1.29, 1.82) is 0 Å². The molecule has 2 aromatic rings. The standard InChI is InChI=1S/C24H30N4O2S/c29-23(21-10-5-13-28(19-21)24(30)25-22-11-6-18-31-22)27-16-14-26(15-17-27)12-4-9-20-7-2-1-3-8-20/h1-4,6-9,11,18,21H,5,10,12-17,19H2,(H,25,30)/b9-4+. The summed E-state index contributed by atoms with van der Waals surface area (Å²) in [5.41, 5.74) is 1.21. The third-order valence-corrected chi connectivity index (χ3v) is 6.75. The van der Waals surface area contributed by atoms with E-state index in [2.05, 4.69) is 34.5 Å². The highest BCUT2D eigenvalue weighted by molar-refractivity contribution is 7.14. The van der Waals surface area contributed by atoms with Crippen LogP contribution >= 0.6 is 11.3 Å². The molecule has 2 aliphatic heterocycles. The van der Waals surface area contributed by atoms with Crippen LogP contribution in [0.5, 0.6) is 0 Å². The van der Waals surface area contributed by atoms with Crippen LogP contribution in [0, 0.1) is 5.92 Å². The number of amides is 3. The normalized spacial score (nSPS) is 20.2. The Bertz CT molecular complexity index is 876. The average molecular weight is 439 g/mol. The molecule has 0 spiro atoms. The number of nitrogens with zero attached hydrogens (tertiary/aromatic N) is 3. The number of anilines is 1. The topological polar surface area (TPSA) is 55.9 Å². The Morgan fingerprint density at radius 3 is 2.55 bits per heavy atom. The molecule has 2 saturated heterocycles. The molecule has 0 saturated carbocycles. The molecule has 1 N–H and O–H groups in total. The molecule has 2 fully saturated rings. The Hall–Kier alpha value is -2.64. The van der Waals surface area contributed by atoms with E-state index < -0.39 is 0 Å². The average Bonchev–Trinajstić information content (AvgIpc) is 3.33. The molecule has 164 valence electrons. The second-order valence-electron chi connectivity index (χ2n) is 8.13. The molecule has 1 aromatic heterocycles. The van der Waals surface area contributed by atoms with Crippen LogP contribution in [0.25, 0.3) is 6.08 Å². The van der Waals surface area contributed by atoms with E-state index in [0.717, 1.165) is 50.6 Å². The zero-order valence-corrected chi connectivity index (χ0v) is 18.6. The van der Waals surface area contributed by atoms with Crippen molar-refractivity contribution in [2.75, 3.05) is 51.1 Å². The van der Waals surface area contributed by atoms with Gasteiger partial charge in [-0.1, -0.05) is 42.5 Å². The summed E-state index contributed by atoms with van der Waals surface area (Å²) in [6, 6.07) is 14.0. The number of nitrogens with one attached hydrogen (secondary N) is 1. The first-order chi connectivity index (χ1) is 15.2. The van der Waals surface area contributed by atoms with Gasteiger partial charge in [0.1, 0.15) is 0 Å². The van der Waals surface area contributed by atoms with E-state index in [1.54, 1.807) is 4.90 Å². The quantitative estimate of drug-likeness (QED) is 0.772. The first kappa shape index (κ1) is 21.6. The summed E-state index contributed by atoms with van der Waals surface area (Å²) in [6.45, 7) is 5.42. The zero-order chi connectivity index (χ0) is 21.5. The third-order valence-electron chi connectivity index (χ3n) is 5.97. The maximum absolute atomic E-state index is 13.1. The summed E-state index contributed by atoms with van der Waals surface area (Å²) in [6.07, 6.45) is 6.08. The van der Waals surface area contributed by atoms with Crippen molar-refractivity contribution in [2.45, 2.75) is 12.8 Å². The van der Waals surface area contributed by atoms with Crippen LogP contribution in [-0.2, 0) is 4.79 Å². The number of thiophene rings is 1. The summed E-state index contributed by atoms with van der Waals surface area (Å²) in [5, 5.41) is 5.72. The van der Waals surface area contributed by atoms with Crippen molar-refractivity contribution in [2.24, 2.45) is 5.92 Å². The van der Waals surface area contributed by atoms with Gasteiger partial charge in [0.15, 0.2) is 0 Å². The second-order valence-corrected chi connectivity index (χ2v) is 9.08. The summed E-state index contributed by atoms with van der Waals surface area (Å²) in [5.74, 6) is 0.112. The van der Waals surface area contributed by atoms with Crippen molar-refractivity contribution < 1.29 is 9.59 Å². The highest BCUT2D eigenvalue weighted by Crippen LogP contribution is 2.22. The van der Waals surface area contributed by atoms with Gasteiger partial charge in [0, 0.05) is 45.8 Å². The number of hydrogen-bond acceptors (Lipinski definition) is 4. The fourth-order valence-corrected chi connectivity index (χ4v) is 4.82.